The molecule has 0 atom stereocenters. The number of hydrogen-bond donors (Lipinski definition) is 4. The van der Waals surface area contributed by atoms with Gasteiger partial charge < -0.3 is 108 Å². The summed E-state index contributed by atoms with van der Waals surface area (Å²) in [6.07, 6.45) is 5.87. The third kappa shape index (κ3) is 64.3. The van der Waals surface area contributed by atoms with Crippen molar-refractivity contribution < 1.29 is 110 Å². The molecule has 2 aromatic rings. The SMILES string of the molecule is Cc1cc(C=NCCO)c([O-])c(C=NCCO)c1.Cc1cc(C=NCCO)c([O-])c(C=NCCO)c1.O.O.[Cu+2].[Cu+2].[Cu+2].[Cu+2].[N-]=[N+]=[N-].[N-]=[N+]=[N-].[N-]=[N+]=[N-].[N-]=[N+]=[N-].[N-]=[N+]=[N-].[N-]=[N+]=[N-]. The molecular weight excluding hydrogens is 1000 g/mol. The van der Waals surface area contributed by atoms with E-state index >= 15 is 0 Å². The van der Waals surface area contributed by atoms with Gasteiger partial charge in [-0.05, 0) is 47.2 Å². The molecule has 0 aromatic heterocycles. The van der Waals surface area contributed by atoms with E-state index in [4.69, 9.17) is 86.8 Å². The van der Waals surface area contributed by atoms with Crippen LogP contribution in [-0.2, 0) is 68.3 Å². The molecule has 0 aliphatic heterocycles. The maximum absolute atomic E-state index is 12.0. The van der Waals surface area contributed by atoms with Crippen molar-refractivity contribution in [2.45, 2.75) is 13.8 Å². The fourth-order valence-electron chi connectivity index (χ4n) is 2.93. The first-order chi connectivity index (χ1) is 25.9. The summed E-state index contributed by atoms with van der Waals surface area (Å²) < 4.78 is 0. The Morgan fingerprint density at radius 3 is 0.667 bits per heavy atom. The van der Waals surface area contributed by atoms with Crippen molar-refractivity contribution >= 4 is 24.9 Å². The molecule has 30 nitrogen and oxygen atoms in total. The zero-order valence-electron chi connectivity index (χ0n) is 30.9. The minimum atomic E-state index is -0.149. The van der Waals surface area contributed by atoms with E-state index in [9.17, 15) is 10.2 Å². The second kappa shape index (κ2) is 74.4. The summed E-state index contributed by atoms with van der Waals surface area (Å²) in [4.78, 5) is 24.8. The third-order valence-corrected chi connectivity index (χ3v) is 4.42. The number of nitrogens with zero attached hydrogens (tertiary/aromatic N) is 22. The van der Waals surface area contributed by atoms with Gasteiger partial charge in [0.1, 0.15) is 0 Å². The summed E-state index contributed by atoms with van der Waals surface area (Å²) in [5.41, 5.74) is 84.8. The first kappa shape index (κ1) is 86.3. The Labute approximate surface area is 384 Å². The van der Waals surface area contributed by atoms with Crippen LogP contribution in [0.1, 0.15) is 33.4 Å². The second-order valence-corrected chi connectivity index (χ2v) is 8.12. The topological polar surface area (TPSA) is 592 Å². The number of hydrogen-bond acceptors (Lipinski definition) is 10. The van der Waals surface area contributed by atoms with E-state index in [1.54, 1.807) is 24.3 Å². The molecule has 0 unspecified atom stereocenters. The summed E-state index contributed by atoms with van der Waals surface area (Å²) in [5.74, 6) is -0.298. The predicted molar refractivity (Wildman–Crippen MR) is 207 cm³/mol. The molecular formula is C26H38Cu4N22O8. The third-order valence-electron chi connectivity index (χ3n) is 4.42. The number of aliphatic imine (C=N–C) groups is 4. The smallest absolute Gasteiger partial charge is 0.872 e. The molecule has 0 saturated carbocycles. The molecule has 2 aromatic carbocycles. The normalized spacial score (nSPS) is 7.83. The van der Waals surface area contributed by atoms with E-state index < -0.39 is 0 Å². The van der Waals surface area contributed by atoms with Crippen molar-refractivity contribution in [3.05, 3.63) is 153 Å². The fraction of sp³-hybridized carbons (Fsp3) is 0.385. The largest absolute Gasteiger partial charge is 2.00 e. The molecule has 4 radical (unpaired) electrons. The van der Waals surface area contributed by atoms with Crippen molar-refractivity contribution in [3.8, 4) is 11.5 Å². The van der Waals surface area contributed by atoms with Gasteiger partial charge in [0.25, 0.3) is 0 Å². The molecule has 0 aliphatic rings. The van der Waals surface area contributed by atoms with Gasteiger partial charge in [0, 0.05) is 24.9 Å². The van der Waals surface area contributed by atoms with Gasteiger partial charge >= 0.3 is 68.3 Å². The number of aliphatic hydroxyl groups excluding tert-OH is 4. The molecule has 2 rings (SSSR count). The van der Waals surface area contributed by atoms with Crippen LogP contribution in [0.25, 0.3) is 95.8 Å². The van der Waals surface area contributed by atoms with Crippen LogP contribution in [0.2, 0.25) is 0 Å². The van der Waals surface area contributed by atoms with Crippen LogP contribution in [0.3, 0.4) is 0 Å². The minimum Gasteiger partial charge on any atom is -0.872 e. The molecule has 0 bridgehead atoms. The van der Waals surface area contributed by atoms with Crippen LogP contribution in [-0.4, -0.2) is 109 Å². The van der Waals surface area contributed by atoms with E-state index in [0.717, 1.165) is 11.1 Å². The van der Waals surface area contributed by atoms with Crippen molar-refractivity contribution in [1.82, 2.24) is 0 Å². The summed E-state index contributed by atoms with van der Waals surface area (Å²) in [6, 6.07) is 6.97. The minimum absolute atomic E-state index is 0. The second-order valence-electron chi connectivity index (χ2n) is 8.12. The first-order valence-electron chi connectivity index (χ1n) is 13.8. The van der Waals surface area contributed by atoms with Gasteiger partial charge in [-0.3, -0.25) is 49.4 Å². The van der Waals surface area contributed by atoms with Gasteiger partial charge in [0.2, 0.25) is 0 Å². The number of aryl methyl sites for hydroxylation is 2. The van der Waals surface area contributed by atoms with Gasteiger partial charge in [0.15, 0.2) is 0 Å². The van der Waals surface area contributed by atoms with Crippen LogP contribution >= 0.6 is 0 Å². The average Bonchev–Trinajstić information content (AvgIpc) is 3.11. The number of benzene rings is 2. The molecule has 34 heteroatoms. The zero-order valence-corrected chi connectivity index (χ0v) is 34.7. The van der Waals surface area contributed by atoms with Gasteiger partial charge in [-0.1, -0.05) is 35.8 Å². The monoisotopic (exact) mass is 1040 g/mol. The van der Waals surface area contributed by atoms with Crippen molar-refractivity contribution in [3.63, 3.8) is 0 Å². The fourth-order valence-corrected chi connectivity index (χ4v) is 2.93. The Bertz CT molecular complexity index is 1390. The summed E-state index contributed by atoms with van der Waals surface area (Å²) in [6.45, 7) is 4.72. The first-order valence-corrected chi connectivity index (χ1v) is 13.8. The van der Waals surface area contributed by atoms with Gasteiger partial charge in [-0.25, -0.2) is 0 Å². The standard InChI is InChI=1S/2C13H18N2O3.4Cu.6N3.2H2O/c2*1-10-6-11(8-14-2-4-16)13(18)12(7-10)9-15-3-5-17;;;;;6*1-3-2;;/h2*6-9,16-18H,2-5H2,1H3;;;;;;;;;;;2*1H2/q;;4*+2;6*-1;;/p-2. The molecule has 60 heavy (non-hydrogen) atoms. The van der Waals surface area contributed by atoms with E-state index in [-0.39, 0.29) is 143 Å². The predicted octanol–water partition coefficient (Wildman–Crippen LogP) is 3.32. The van der Waals surface area contributed by atoms with Crippen LogP contribution in [0, 0.1) is 13.8 Å². The van der Waals surface area contributed by atoms with Crippen molar-refractivity contribution in [1.29, 1.82) is 0 Å². The number of rotatable bonds is 12. The molecule has 0 aliphatic carbocycles. The molecule has 0 spiro atoms. The van der Waals surface area contributed by atoms with Crippen molar-refractivity contribution in [2.75, 3.05) is 52.6 Å². The van der Waals surface area contributed by atoms with Gasteiger partial charge in [0.05, 0.1) is 52.6 Å². The molecule has 0 heterocycles. The Balaban J connectivity index is -0.0000000512. The van der Waals surface area contributed by atoms with E-state index in [1.807, 2.05) is 13.8 Å². The Morgan fingerprint density at radius 2 is 0.550 bits per heavy atom. The summed E-state index contributed by atoms with van der Waals surface area (Å²) >= 11 is 0. The van der Waals surface area contributed by atoms with E-state index in [0.29, 0.717) is 22.3 Å². The van der Waals surface area contributed by atoms with Crippen LogP contribution in [0.5, 0.6) is 11.5 Å². The maximum atomic E-state index is 12.0. The van der Waals surface area contributed by atoms with Gasteiger partial charge in [-0.15, -0.1) is 0 Å². The van der Waals surface area contributed by atoms with Crippen LogP contribution in [0.4, 0.5) is 0 Å². The average molecular weight is 1040 g/mol. The van der Waals surface area contributed by atoms with Crippen molar-refractivity contribution in [2.24, 2.45) is 20.0 Å². The van der Waals surface area contributed by atoms with Crippen LogP contribution < -0.4 is 10.2 Å². The van der Waals surface area contributed by atoms with Gasteiger partial charge in [-0.2, -0.15) is 0 Å². The van der Waals surface area contributed by atoms with E-state index in [1.165, 1.54) is 54.3 Å². The molecule has 0 saturated heterocycles. The summed E-state index contributed by atoms with van der Waals surface area (Å²) in [5, 5.41) is 58.5. The Kier molecular flexibility index (Phi) is 107. The molecule has 0 amide bonds. The maximum Gasteiger partial charge on any atom is 2.00 e. The number of aliphatic hydroxyl groups is 4. The Hall–Kier alpha value is -5.58. The quantitative estimate of drug-likeness (QED) is 0.0811. The molecule has 0 fully saturated rings. The molecule has 344 valence electrons. The Morgan fingerprint density at radius 1 is 0.417 bits per heavy atom. The zero-order chi connectivity index (χ0) is 43.0. The molecule has 8 N–H and O–H groups in total. The van der Waals surface area contributed by atoms with E-state index in [2.05, 4.69) is 20.0 Å². The summed E-state index contributed by atoms with van der Waals surface area (Å²) in [7, 11) is 0. The van der Waals surface area contributed by atoms with Crippen LogP contribution in [0.15, 0.2) is 44.2 Å².